The first-order valence-electron chi connectivity index (χ1n) is 4.82. The number of rotatable bonds is 3. The fraction of sp³-hybridized carbons (Fsp3) is 0.455. The zero-order chi connectivity index (χ0) is 11.6. The second-order valence-electron chi connectivity index (χ2n) is 3.62. The van der Waals surface area contributed by atoms with Gasteiger partial charge in [-0.2, -0.15) is 0 Å². The Bertz CT molecular complexity index is 342. The van der Waals surface area contributed by atoms with Crippen LogP contribution >= 0.6 is 15.9 Å². The zero-order valence-corrected chi connectivity index (χ0v) is 10.4. The van der Waals surface area contributed by atoms with Crippen molar-refractivity contribution < 1.29 is 9.50 Å². The quantitative estimate of drug-likeness (QED) is 0.891. The fourth-order valence-electron chi connectivity index (χ4n) is 1.57. The number of benzene rings is 1. The Morgan fingerprint density at radius 1 is 1.53 bits per heavy atom. The summed E-state index contributed by atoms with van der Waals surface area (Å²) in [6.07, 6.45) is -0.277. The molecular formula is C11H15BrFNO. The molecule has 0 radical (unpaired) electrons. The third-order valence-electron chi connectivity index (χ3n) is 2.56. The number of hydrogen-bond donors (Lipinski definition) is 2. The molecule has 1 atom stereocenters. The maximum atomic E-state index is 13.4. The highest BCUT2D eigenvalue weighted by Crippen LogP contribution is 2.32. The van der Waals surface area contributed by atoms with Gasteiger partial charge >= 0.3 is 0 Å². The molecule has 0 fully saturated rings. The average Bonchev–Trinajstić information content (AvgIpc) is 2.16. The number of nitrogens with two attached hydrogens (primary N) is 1. The highest BCUT2D eigenvalue weighted by Gasteiger charge is 2.18. The van der Waals surface area contributed by atoms with Crippen molar-refractivity contribution in [3.8, 4) is 0 Å². The molecule has 0 aliphatic rings. The van der Waals surface area contributed by atoms with E-state index in [0.29, 0.717) is 23.0 Å². The lowest BCUT2D eigenvalue weighted by Crippen LogP contribution is -2.10. The van der Waals surface area contributed by atoms with Gasteiger partial charge in [0.25, 0.3) is 0 Å². The van der Waals surface area contributed by atoms with Crippen molar-refractivity contribution in [2.24, 2.45) is 5.73 Å². The molecule has 0 spiro atoms. The molecule has 1 aromatic rings. The van der Waals surface area contributed by atoms with E-state index < -0.39 is 6.10 Å². The molecule has 3 N–H and O–H groups in total. The van der Waals surface area contributed by atoms with Crippen LogP contribution in [0.5, 0.6) is 0 Å². The minimum atomic E-state index is -0.709. The number of halogens is 2. The van der Waals surface area contributed by atoms with Gasteiger partial charge in [0.05, 0.1) is 10.6 Å². The first-order valence-corrected chi connectivity index (χ1v) is 5.61. The van der Waals surface area contributed by atoms with Gasteiger partial charge < -0.3 is 10.8 Å². The molecule has 1 unspecified atom stereocenters. The SMILES string of the molecule is Cc1cc(F)c(Br)c(C(O)CCN)c1C. The van der Waals surface area contributed by atoms with Crippen molar-refractivity contribution in [3.05, 3.63) is 33.0 Å². The second kappa shape index (κ2) is 5.05. The largest absolute Gasteiger partial charge is 0.388 e. The molecule has 4 heteroatoms. The van der Waals surface area contributed by atoms with Gasteiger partial charge in [0.1, 0.15) is 5.82 Å². The van der Waals surface area contributed by atoms with Crippen molar-refractivity contribution in [1.82, 2.24) is 0 Å². The van der Waals surface area contributed by atoms with E-state index >= 15 is 0 Å². The van der Waals surface area contributed by atoms with Gasteiger partial charge in [-0.05, 0) is 59.9 Å². The Hall–Kier alpha value is -0.450. The minimum Gasteiger partial charge on any atom is -0.388 e. The van der Waals surface area contributed by atoms with Crippen LogP contribution in [0, 0.1) is 19.7 Å². The molecule has 0 heterocycles. The normalized spacial score (nSPS) is 12.9. The Balaban J connectivity index is 3.26. The Morgan fingerprint density at radius 3 is 2.67 bits per heavy atom. The van der Waals surface area contributed by atoms with E-state index in [0.717, 1.165) is 11.1 Å². The van der Waals surface area contributed by atoms with Crippen LogP contribution in [0.4, 0.5) is 4.39 Å². The monoisotopic (exact) mass is 275 g/mol. The lowest BCUT2D eigenvalue weighted by Gasteiger charge is -2.17. The van der Waals surface area contributed by atoms with Gasteiger partial charge in [0, 0.05) is 5.56 Å². The van der Waals surface area contributed by atoms with Crippen LogP contribution in [0.15, 0.2) is 10.5 Å². The molecule has 0 saturated carbocycles. The van der Waals surface area contributed by atoms with E-state index in [4.69, 9.17) is 5.73 Å². The first kappa shape index (κ1) is 12.6. The standard InChI is InChI=1S/C11H15BrFNO/c1-6-5-8(13)11(12)10(7(6)2)9(15)3-4-14/h5,9,15H,3-4,14H2,1-2H3. The molecule has 2 nitrogen and oxygen atoms in total. The van der Waals surface area contributed by atoms with Crippen molar-refractivity contribution >= 4 is 15.9 Å². The lowest BCUT2D eigenvalue weighted by atomic mass is 9.97. The van der Waals surface area contributed by atoms with E-state index in [9.17, 15) is 9.50 Å². The predicted octanol–water partition coefficient (Wildman–Crippen LogP) is 2.59. The summed E-state index contributed by atoms with van der Waals surface area (Å²) in [5, 5.41) is 9.85. The first-order chi connectivity index (χ1) is 6.99. The van der Waals surface area contributed by atoms with Gasteiger partial charge in [-0.3, -0.25) is 0 Å². The van der Waals surface area contributed by atoms with Gasteiger partial charge in [-0.25, -0.2) is 4.39 Å². The number of aryl methyl sites for hydroxylation is 1. The van der Waals surface area contributed by atoms with E-state index in [1.54, 1.807) is 0 Å². The van der Waals surface area contributed by atoms with Crippen LogP contribution < -0.4 is 5.73 Å². The third-order valence-corrected chi connectivity index (χ3v) is 3.36. The molecule has 0 saturated heterocycles. The maximum Gasteiger partial charge on any atom is 0.138 e. The molecule has 0 aliphatic carbocycles. The second-order valence-corrected chi connectivity index (χ2v) is 4.41. The summed E-state index contributed by atoms with van der Waals surface area (Å²) in [5.74, 6) is -0.343. The average molecular weight is 276 g/mol. The summed E-state index contributed by atoms with van der Waals surface area (Å²) in [6, 6.07) is 1.46. The van der Waals surface area contributed by atoms with Crippen LogP contribution in [0.1, 0.15) is 29.2 Å². The van der Waals surface area contributed by atoms with E-state index in [1.165, 1.54) is 6.07 Å². The predicted molar refractivity (Wildman–Crippen MR) is 62.2 cm³/mol. The highest BCUT2D eigenvalue weighted by molar-refractivity contribution is 9.10. The number of hydrogen-bond acceptors (Lipinski definition) is 2. The number of aliphatic hydroxyl groups is 1. The minimum absolute atomic E-state index is 0.339. The molecule has 0 aliphatic heterocycles. The fourth-order valence-corrected chi connectivity index (χ4v) is 2.24. The van der Waals surface area contributed by atoms with Crippen LogP contribution in [0.25, 0.3) is 0 Å². The summed E-state index contributed by atoms with van der Waals surface area (Å²) in [6.45, 7) is 4.07. The molecule has 0 aromatic heterocycles. The summed E-state index contributed by atoms with van der Waals surface area (Å²) in [5.41, 5.74) is 7.72. The van der Waals surface area contributed by atoms with E-state index in [2.05, 4.69) is 15.9 Å². The van der Waals surface area contributed by atoms with Crippen LogP contribution in [-0.4, -0.2) is 11.7 Å². The smallest absolute Gasteiger partial charge is 0.138 e. The summed E-state index contributed by atoms with van der Waals surface area (Å²) in [4.78, 5) is 0. The highest BCUT2D eigenvalue weighted by atomic mass is 79.9. The zero-order valence-electron chi connectivity index (χ0n) is 8.85. The summed E-state index contributed by atoms with van der Waals surface area (Å²) >= 11 is 3.16. The van der Waals surface area contributed by atoms with Crippen molar-refractivity contribution in [3.63, 3.8) is 0 Å². The summed E-state index contributed by atoms with van der Waals surface area (Å²) < 4.78 is 13.8. The topological polar surface area (TPSA) is 46.2 Å². The number of aliphatic hydroxyl groups excluding tert-OH is 1. The Labute approximate surface area is 97.4 Å². The van der Waals surface area contributed by atoms with Crippen LogP contribution in [-0.2, 0) is 0 Å². The van der Waals surface area contributed by atoms with Gasteiger partial charge in [0.15, 0.2) is 0 Å². The molecule has 1 rings (SSSR count). The van der Waals surface area contributed by atoms with Crippen molar-refractivity contribution in [1.29, 1.82) is 0 Å². The van der Waals surface area contributed by atoms with Crippen LogP contribution in [0.3, 0.4) is 0 Å². The lowest BCUT2D eigenvalue weighted by molar-refractivity contribution is 0.168. The van der Waals surface area contributed by atoms with Crippen LogP contribution in [0.2, 0.25) is 0 Å². The Morgan fingerprint density at radius 2 is 2.13 bits per heavy atom. The van der Waals surface area contributed by atoms with Crippen molar-refractivity contribution in [2.45, 2.75) is 26.4 Å². The van der Waals surface area contributed by atoms with Gasteiger partial charge in [-0.1, -0.05) is 0 Å². The van der Waals surface area contributed by atoms with E-state index in [1.807, 2.05) is 13.8 Å². The molecular weight excluding hydrogens is 261 g/mol. The van der Waals surface area contributed by atoms with Crippen molar-refractivity contribution in [2.75, 3.05) is 6.54 Å². The Kier molecular flexibility index (Phi) is 4.25. The van der Waals surface area contributed by atoms with Gasteiger partial charge in [0.2, 0.25) is 0 Å². The molecule has 84 valence electrons. The van der Waals surface area contributed by atoms with E-state index in [-0.39, 0.29) is 5.82 Å². The molecule has 0 amide bonds. The van der Waals surface area contributed by atoms with Gasteiger partial charge in [-0.15, -0.1) is 0 Å². The molecule has 15 heavy (non-hydrogen) atoms. The maximum absolute atomic E-state index is 13.4. The third kappa shape index (κ3) is 2.56. The molecule has 1 aromatic carbocycles. The summed E-state index contributed by atoms with van der Waals surface area (Å²) in [7, 11) is 0. The molecule has 0 bridgehead atoms.